The van der Waals surface area contributed by atoms with Crippen molar-refractivity contribution in [3.05, 3.63) is 71.0 Å². The molecule has 130 valence electrons. The van der Waals surface area contributed by atoms with Crippen molar-refractivity contribution in [2.24, 2.45) is 11.8 Å². The van der Waals surface area contributed by atoms with Gasteiger partial charge in [-0.1, -0.05) is 18.2 Å². The molecule has 2 aliphatic rings. The van der Waals surface area contributed by atoms with Crippen molar-refractivity contribution in [1.82, 2.24) is 5.32 Å². The minimum Gasteiger partial charge on any atom is -0.349 e. The molecule has 2 aromatic carbocycles. The Kier molecular flexibility index (Phi) is 4.02. The van der Waals surface area contributed by atoms with E-state index in [4.69, 9.17) is 0 Å². The lowest BCUT2D eigenvalue weighted by Gasteiger charge is -2.19. The van der Waals surface area contributed by atoms with Gasteiger partial charge in [0.25, 0.3) is 0 Å². The molecule has 2 aromatic rings. The molecule has 4 rings (SSSR count). The predicted octanol–water partition coefficient (Wildman–Crippen LogP) is 4.47. The average Bonchev–Trinajstić information content (AvgIpc) is 3.48. The van der Waals surface area contributed by atoms with Crippen LogP contribution in [0.15, 0.2) is 42.5 Å². The summed E-state index contributed by atoms with van der Waals surface area (Å²) < 4.78 is 39.5. The Morgan fingerprint density at radius 1 is 1.00 bits per heavy atom. The summed E-state index contributed by atoms with van der Waals surface area (Å²) >= 11 is 0. The van der Waals surface area contributed by atoms with Gasteiger partial charge in [0.15, 0.2) is 11.6 Å². The van der Waals surface area contributed by atoms with Gasteiger partial charge in [-0.25, -0.2) is 13.2 Å². The van der Waals surface area contributed by atoms with Crippen molar-refractivity contribution in [2.45, 2.75) is 31.2 Å². The fourth-order valence-electron chi connectivity index (χ4n) is 3.43. The minimum absolute atomic E-state index is 0.0665. The van der Waals surface area contributed by atoms with Crippen LogP contribution in [0, 0.1) is 29.3 Å². The number of carbonyl (C=O) groups is 1. The number of amides is 1. The van der Waals surface area contributed by atoms with E-state index in [0.717, 1.165) is 24.5 Å². The minimum atomic E-state index is -0.884. The molecule has 0 bridgehead atoms. The molecule has 2 nitrogen and oxygen atoms in total. The molecule has 1 N–H and O–H groups in total. The zero-order valence-corrected chi connectivity index (χ0v) is 13.5. The van der Waals surface area contributed by atoms with Crippen LogP contribution in [-0.2, 0) is 4.79 Å². The van der Waals surface area contributed by atoms with Gasteiger partial charge in [0.1, 0.15) is 5.82 Å². The number of benzene rings is 2. The molecule has 2 saturated carbocycles. The van der Waals surface area contributed by atoms with Crippen LogP contribution in [0.3, 0.4) is 0 Å². The van der Waals surface area contributed by atoms with Crippen LogP contribution in [-0.4, -0.2) is 5.91 Å². The van der Waals surface area contributed by atoms with Gasteiger partial charge >= 0.3 is 0 Å². The summed E-state index contributed by atoms with van der Waals surface area (Å²) in [4.78, 5) is 12.6. The SMILES string of the molecule is O=C(NC(c1ccc(F)cc1)C1CC1)C1CC1c1ccc(F)c(F)c1. The molecule has 0 radical (unpaired) electrons. The fraction of sp³-hybridized carbons (Fsp3) is 0.350. The Balaban J connectivity index is 1.44. The summed E-state index contributed by atoms with van der Waals surface area (Å²) in [7, 11) is 0. The molecule has 0 aliphatic heterocycles. The van der Waals surface area contributed by atoms with Gasteiger partial charge in [-0.15, -0.1) is 0 Å². The first-order chi connectivity index (χ1) is 12.0. The van der Waals surface area contributed by atoms with Gasteiger partial charge in [-0.3, -0.25) is 4.79 Å². The molecular weight excluding hydrogens is 327 g/mol. The number of nitrogens with one attached hydrogen (secondary N) is 1. The maximum absolute atomic E-state index is 13.4. The molecule has 0 saturated heterocycles. The van der Waals surface area contributed by atoms with E-state index in [1.807, 2.05) is 0 Å². The number of halogens is 3. The van der Waals surface area contributed by atoms with E-state index in [9.17, 15) is 18.0 Å². The van der Waals surface area contributed by atoms with Crippen LogP contribution in [0.25, 0.3) is 0 Å². The van der Waals surface area contributed by atoms with Crippen molar-refractivity contribution in [1.29, 1.82) is 0 Å². The molecule has 3 unspecified atom stereocenters. The first kappa shape index (κ1) is 16.2. The monoisotopic (exact) mass is 345 g/mol. The van der Waals surface area contributed by atoms with Crippen molar-refractivity contribution < 1.29 is 18.0 Å². The van der Waals surface area contributed by atoms with Crippen molar-refractivity contribution in [3.63, 3.8) is 0 Å². The van der Waals surface area contributed by atoms with Crippen LogP contribution < -0.4 is 5.32 Å². The fourth-order valence-corrected chi connectivity index (χ4v) is 3.43. The molecular formula is C20H18F3NO. The van der Waals surface area contributed by atoms with Crippen molar-refractivity contribution in [2.75, 3.05) is 0 Å². The highest BCUT2D eigenvalue weighted by Crippen LogP contribution is 2.49. The number of hydrogen-bond acceptors (Lipinski definition) is 1. The van der Waals surface area contributed by atoms with Gasteiger partial charge in [0.05, 0.1) is 6.04 Å². The molecule has 1 amide bonds. The van der Waals surface area contributed by atoms with Crippen molar-refractivity contribution in [3.8, 4) is 0 Å². The highest BCUT2D eigenvalue weighted by atomic mass is 19.2. The molecule has 5 heteroatoms. The molecule has 2 aliphatic carbocycles. The molecule has 0 spiro atoms. The summed E-state index contributed by atoms with van der Waals surface area (Å²) in [6.45, 7) is 0. The van der Waals surface area contributed by atoms with E-state index in [2.05, 4.69) is 5.32 Å². The third kappa shape index (κ3) is 3.41. The van der Waals surface area contributed by atoms with E-state index in [-0.39, 0.29) is 29.6 Å². The lowest BCUT2D eigenvalue weighted by atomic mass is 10.0. The third-order valence-electron chi connectivity index (χ3n) is 5.12. The molecule has 3 atom stereocenters. The number of hydrogen-bond donors (Lipinski definition) is 1. The normalized spacial score (nSPS) is 23.2. The van der Waals surface area contributed by atoms with E-state index >= 15 is 0 Å². The standard InChI is InChI=1S/C20H18F3NO/c21-14-6-3-12(4-7-14)19(11-1-2-11)24-20(25)16-10-15(16)13-5-8-17(22)18(23)9-13/h3-9,11,15-16,19H,1-2,10H2,(H,24,25). The zero-order valence-electron chi connectivity index (χ0n) is 13.5. The van der Waals surface area contributed by atoms with E-state index in [0.29, 0.717) is 17.9 Å². The van der Waals surface area contributed by atoms with Crippen LogP contribution in [0.1, 0.15) is 42.3 Å². The van der Waals surface area contributed by atoms with Gasteiger partial charge in [-0.2, -0.15) is 0 Å². The summed E-state index contributed by atoms with van der Waals surface area (Å²) in [6, 6.07) is 9.91. The van der Waals surface area contributed by atoms with Crippen LogP contribution in [0.2, 0.25) is 0 Å². The summed E-state index contributed by atoms with van der Waals surface area (Å²) in [6.07, 6.45) is 2.72. The molecule has 0 aromatic heterocycles. The Labute approximate surface area is 144 Å². The Bertz CT molecular complexity index is 801. The van der Waals surface area contributed by atoms with E-state index in [1.165, 1.54) is 24.3 Å². The molecule has 2 fully saturated rings. The number of rotatable bonds is 5. The topological polar surface area (TPSA) is 29.1 Å². The predicted molar refractivity (Wildman–Crippen MR) is 87.2 cm³/mol. The van der Waals surface area contributed by atoms with E-state index in [1.54, 1.807) is 12.1 Å². The first-order valence-electron chi connectivity index (χ1n) is 8.53. The lowest BCUT2D eigenvalue weighted by molar-refractivity contribution is -0.123. The van der Waals surface area contributed by atoms with Crippen molar-refractivity contribution >= 4 is 5.91 Å². The second kappa shape index (κ2) is 6.21. The smallest absolute Gasteiger partial charge is 0.224 e. The average molecular weight is 345 g/mol. The lowest BCUT2D eigenvalue weighted by Crippen LogP contribution is -2.31. The van der Waals surface area contributed by atoms with Gasteiger partial charge < -0.3 is 5.32 Å². The third-order valence-corrected chi connectivity index (χ3v) is 5.12. The highest BCUT2D eigenvalue weighted by molar-refractivity contribution is 5.83. The van der Waals surface area contributed by atoms with Gasteiger partial charge in [0.2, 0.25) is 5.91 Å². The summed E-state index contributed by atoms with van der Waals surface area (Å²) in [5.41, 5.74) is 1.56. The van der Waals surface area contributed by atoms with Gasteiger partial charge in [0, 0.05) is 5.92 Å². The highest BCUT2D eigenvalue weighted by Gasteiger charge is 2.45. The second-order valence-electron chi connectivity index (χ2n) is 7.00. The van der Waals surface area contributed by atoms with Crippen LogP contribution in [0.5, 0.6) is 0 Å². The summed E-state index contributed by atoms with van der Waals surface area (Å²) in [5, 5.41) is 3.07. The Morgan fingerprint density at radius 2 is 1.72 bits per heavy atom. The molecule has 0 heterocycles. The maximum atomic E-state index is 13.4. The zero-order chi connectivity index (χ0) is 17.6. The largest absolute Gasteiger partial charge is 0.349 e. The summed E-state index contributed by atoms with van der Waals surface area (Å²) in [5.74, 6) is -2.04. The number of carbonyl (C=O) groups excluding carboxylic acids is 1. The van der Waals surface area contributed by atoms with Gasteiger partial charge in [-0.05, 0) is 66.5 Å². The first-order valence-corrected chi connectivity index (χ1v) is 8.53. The van der Waals surface area contributed by atoms with E-state index < -0.39 is 11.6 Å². The second-order valence-corrected chi connectivity index (χ2v) is 7.00. The van der Waals surface area contributed by atoms with Crippen LogP contribution >= 0.6 is 0 Å². The Morgan fingerprint density at radius 3 is 2.36 bits per heavy atom. The maximum Gasteiger partial charge on any atom is 0.224 e. The molecule has 25 heavy (non-hydrogen) atoms. The van der Waals surface area contributed by atoms with Crippen LogP contribution in [0.4, 0.5) is 13.2 Å². The quantitative estimate of drug-likeness (QED) is 0.851. The Hall–Kier alpha value is -2.30.